The topological polar surface area (TPSA) is 43.3 Å². The molecule has 0 fully saturated rings. The average Bonchev–Trinajstić information content (AvgIpc) is 2.48. The Hall–Kier alpha value is -1.85. The van der Waals surface area contributed by atoms with Crippen molar-refractivity contribution in [1.29, 1.82) is 0 Å². The van der Waals surface area contributed by atoms with Crippen LogP contribution in [0, 0.1) is 5.82 Å². The minimum atomic E-state index is -0.443. The molecule has 2 rings (SSSR count). The van der Waals surface area contributed by atoms with Crippen molar-refractivity contribution in [3.63, 3.8) is 0 Å². The van der Waals surface area contributed by atoms with E-state index in [2.05, 4.69) is 5.32 Å². The van der Waals surface area contributed by atoms with Gasteiger partial charge in [-0.15, -0.1) is 0 Å². The molecule has 1 aromatic carbocycles. The molecule has 0 atom stereocenters. The summed E-state index contributed by atoms with van der Waals surface area (Å²) in [6.45, 7) is 1.39. The highest BCUT2D eigenvalue weighted by Gasteiger charge is 2.02. The minimum absolute atomic E-state index is 0.0878. The van der Waals surface area contributed by atoms with Gasteiger partial charge in [0.25, 0.3) is 5.56 Å². The highest BCUT2D eigenvalue weighted by Crippen LogP contribution is 2.16. The summed E-state index contributed by atoms with van der Waals surface area (Å²) in [5.41, 5.74) is 1.46. The third-order valence-electron chi connectivity index (χ3n) is 3.00. The highest BCUT2D eigenvalue weighted by atomic mass is 35.5. The third-order valence-corrected chi connectivity index (χ3v) is 3.31. The smallest absolute Gasteiger partial charge is 0.250 e. The Bertz CT molecular complexity index is 673. The Morgan fingerprint density at radius 3 is 2.86 bits per heavy atom. The molecule has 21 heavy (non-hydrogen) atoms. The summed E-state index contributed by atoms with van der Waals surface area (Å²) in [5.74, 6) is -0.443. The first kappa shape index (κ1) is 15.5. The van der Waals surface area contributed by atoms with Crippen molar-refractivity contribution in [2.75, 3.05) is 19.0 Å². The quantitative estimate of drug-likeness (QED) is 0.892. The van der Waals surface area contributed by atoms with Crippen LogP contribution in [0.2, 0.25) is 5.02 Å². The number of methoxy groups -OCH3 is 1. The number of hydrogen-bond donors (Lipinski definition) is 1. The molecule has 112 valence electrons. The number of halogens is 2. The Kier molecular flexibility index (Phi) is 5.36. The normalized spacial score (nSPS) is 10.6. The maximum absolute atomic E-state index is 13.3. The molecule has 0 bridgehead atoms. The van der Waals surface area contributed by atoms with Gasteiger partial charge in [-0.2, -0.15) is 0 Å². The molecule has 0 radical (unpaired) electrons. The summed E-state index contributed by atoms with van der Waals surface area (Å²) in [4.78, 5) is 11.6. The van der Waals surface area contributed by atoms with Crippen molar-refractivity contribution in [1.82, 2.24) is 4.57 Å². The minimum Gasteiger partial charge on any atom is -0.383 e. The first-order valence-electron chi connectivity index (χ1n) is 6.47. The van der Waals surface area contributed by atoms with Gasteiger partial charge in [-0.1, -0.05) is 17.7 Å². The van der Waals surface area contributed by atoms with Crippen LogP contribution in [0.4, 0.5) is 10.1 Å². The van der Waals surface area contributed by atoms with E-state index >= 15 is 0 Å². The molecule has 1 aromatic heterocycles. The van der Waals surface area contributed by atoms with E-state index in [0.717, 1.165) is 11.3 Å². The molecule has 0 saturated carbocycles. The fourth-order valence-corrected chi connectivity index (χ4v) is 1.97. The molecule has 0 amide bonds. The summed E-state index contributed by atoms with van der Waals surface area (Å²) in [6, 6.07) is 7.83. The fourth-order valence-electron chi connectivity index (χ4n) is 1.85. The summed E-state index contributed by atoms with van der Waals surface area (Å²) < 4.78 is 19.9. The van der Waals surface area contributed by atoms with Gasteiger partial charge in [0.1, 0.15) is 5.82 Å². The molecule has 0 unspecified atom stereocenters. The van der Waals surface area contributed by atoms with E-state index < -0.39 is 5.82 Å². The van der Waals surface area contributed by atoms with Crippen LogP contribution in [0.25, 0.3) is 0 Å². The average molecular weight is 311 g/mol. The van der Waals surface area contributed by atoms with Crippen LogP contribution >= 0.6 is 11.6 Å². The van der Waals surface area contributed by atoms with E-state index in [1.54, 1.807) is 30.0 Å². The Labute approximate surface area is 127 Å². The van der Waals surface area contributed by atoms with Crippen molar-refractivity contribution in [2.45, 2.75) is 13.1 Å². The van der Waals surface area contributed by atoms with Crippen molar-refractivity contribution < 1.29 is 9.13 Å². The number of rotatable bonds is 6. The van der Waals surface area contributed by atoms with Crippen LogP contribution in [-0.4, -0.2) is 18.3 Å². The van der Waals surface area contributed by atoms with Crippen LogP contribution in [0.5, 0.6) is 0 Å². The number of nitrogens with one attached hydrogen (secondary N) is 1. The number of hydrogen-bond acceptors (Lipinski definition) is 3. The first-order valence-corrected chi connectivity index (χ1v) is 6.85. The van der Waals surface area contributed by atoms with Crippen LogP contribution in [0.3, 0.4) is 0 Å². The third kappa shape index (κ3) is 4.31. The molecule has 1 heterocycles. The largest absolute Gasteiger partial charge is 0.383 e. The molecule has 0 aliphatic carbocycles. The molecule has 0 spiro atoms. The monoisotopic (exact) mass is 310 g/mol. The summed E-state index contributed by atoms with van der Waals surface area (Å²) in [7, 11) is 1.59. The second kappa shape index (κ2) is 7.24. The lowest BCUT2D eigenvalue weighted by Gasteiger charge is -2.10. The van der Waals surface area contributed by atoms with Gasteiger partial charge >= 0.3 is 0 Å². The maximum Gasteiger partial charge on any atom is 0.250 e. The van der Waals surface area contributed by atoms with E-state index in [9.17, 15) is 9.18 Å². The van der Waals surface area contributed by atoms with Gasteiger partial charge in [-0.05, 0) is 23.8 Å². The predicted molar refractivity (Wildman–Crippen MR) is 81.3 cm³/mol. The number of anilines is 1. The summed E-state index contributed by atoms with van der Waals surface area (Å²) >= 11 is 5.64. The van der Waals surface area contributed by atoms with Crippen molar-refractivity contribution in [2.24, 2.45) is 0 Å². The zero-order valence-corrected chi connectivity index (χ0v) is 12.4. The molecule has 0 aliphatic heterocycles. The number of pyridine rings is 1. The Morgan fingerprint density at radius 1 is 1.33 bits per heavy atom. The second-order valence-electron chi connectivity index (χ2n) is 4.54. The molecule has 1 N–H and O–H groups in total. The molecule has 6 heteroatoms. The van der Waals surface area contributed by atoms with Crippen LogP contribution in [-0.2, 0) is 17.8 Å². The van der Waals surface area contributed by atoms with Gasteiger partial charge in [0.05, 0.1) is 17.3 Å². The second-order valence-corrected chi connectivity index (χ2v) is 4.95. The van der Waals surface area contributed by atoms with Gasteiger partial charge in [-0.3, -0.25) is 4.79 Å². The highest BCUT2D eigenvalue weighted by molar-refractivity contribution is 6.30. The SMILES string of the molecule is COCCn1cc(NCc2ccc(Cl)c(F)c2)ccc1=O. The number of nitrogens with zero attached hydrogens (tertiary/aromatic N) is 1. The number of aromatic nitrogens is 1. The molecule has 2 aromatic rings. The van der Waals surface area contributed by atoms with Crippen LogP contribution in [0.15, 0.2) is 41.3 Å². The predicted octanol–water partition coefficient (Wildman–Crippen LogP) is 2.90. The van der Waals surface area contributed by atoms with Gasteiger partial charge < -0.3 is 14.6 Å². The van der Waals surface area contributed by atoms with Crippen molar-refractivity contribution in [3.05, 3.63) is 63.3 Å². The van der Waals surface area contributed by atoms with Gasteiger partial charge in [-0.25, -0.2) is 4.39 Å². The van der Waals surface area contributed by atoms with Crippen LogP contribution in [0.1, 0.15) is 5.56 Å². The molecule has 0 saturated heterocycles. The number of benzene rings is 1. The fraction of sp³-hybridized carbons (Fsp3) is 0.267. The molecule has 4 nitrogen and oxygen atoms in total. The van der Waals surface area contributed by atoms with Crippen molar-refractivity contribution >= 4 is 17.3 Å². The van der Waals surface area contributed by atoms with Gasteiger partial charge in [0.15, 0.2) is 0 Å². The van der Waals surface area contributed by atoms with Crippen molar-refractivity contribution in [3.8, 4) is 0 Å². The van der Waals surface area contributed by atoms with Crippen LogP contribution < -0.4 is 10.9 Å². The van der Waals surface area contributed by atoms with E-state index in [1.165, 1.54) is 18.2 Å². The maximum atomic E-state index is 13.3. The molecular weight excluding hydrogens is 295 g/mol. The van der Waals surface area contributed by atoms with Gasteiger partial charge in [0.2, 0.25) is 0 Å². The Balaban J connectivity index is 2.05. The zero-order chi connectivity index (χ0) is 15.2. The first-order chi connectivity index (χ1) is 10.1. The number of ether oxygens (including phenoxy) is 1. The van der Waals surface area contributed by atoms with E-state index in [4.69, 9.17) is 16.3 Å². The summed E-state index contributed by atoms with van der Waals surface area (Å²) in [6.07, 6.45) is 1.72. The van der Waals surface area contributed by atoms with E-state index in [-0.39, 0.29) is 10.6 Å². The Morgan fingerprint density at radius 2 is 2.14 bits per heavy atom. The summed E-state index contributed by atoms with van der Waals surface area (Å²) in [5, 5.41) is 3.24. The van der Waals surface area contributed by atoms with E-state index in [0.29, 0.717) is 19.7 Å². The molecular formula is C15H16ClFN2O2. The molecule has 0 aliphatic rings. The lowest BCUT2D eigenvalue weighted by molar-refractivity contribution is 0.186. The van der Waals surface area contributed by atoms with Gasteiger partial charge in [0, 0.05) is 32.5 Å². The lowest BCUT2D eigenvalue weighted by Crippen LogP contribution is -2.21. The standard InChI is InChI=1S/C15H16ClFN2O2/c1-21-7-6-19-10-12(3-5-15(19)20)18-9-11-2-4-13(16)14(17)8-11/h2-5,8,10,18H,6-7,9H2,1H3. The lowest BCUT2D eigenvalue weighted by atomic mass is 10.2. The van der Waals surface area contributed by atoms with E-state index in [1.807, 2.05) is 0 Å². The zero-order valence-electron chi connectivity index (χ0n) is 11.6.